The summed E-state index contributed by atoms with van der Waals surface area (Å²) in [4.78, 5) is 29.7. The average molecular weight is 443 g/mol. The van der Waals surface area contributed by atoms with Crippen LogP contribution in [-0.4, -0.2) is 54.5 Å². The summed E-state index contributed by atoms with van der Waals surface area (Å²) in [5.74, 6) is 1.26. The molecule has 1 aromatic heterocycles. The lowest BCUT2D eigenvalue weighted by molar-refractivity contribution is -0.133. The summed E-state index contributed by atoms with van der Waals surface area (Å²) in [7, 11) is 1.61. The number of aryl methyl sites for hydroxylation is 2. The number of hydrogen-bond donors (Lipinski definition) is 0. The summed E-state index contributed by atoms with van der Waals surface area (Å²) in [6, 6.07) is 11.4. The molecule has 0 atom stereocenters. The Morgan fingerprint density at radius 2 is 1.78 bits per heavy atom. The maximum absolute atomic E-state index is 13.2. The van der Waals surface area contributed by atoms with E-state index < -0.39 is 0 Å². The molecule has 0 aliphatic rings. The largest absolute Gasteiger partial charge is 0.464 e. The van der Waals surface area contributed by atoms with Gasteiger partial charge in [-0.25, -0.2) is 0 Å². The molecule has 0 fully saturated rings. The Morgan fingerprint density at radius 3 is 2.34 bits per heavy atom. The number of nitrogens with zero attached hydrogens (tertiary/aromatic N) is 2. The Balaban J connectivity index is 2.08. The predicted octanol–water partition coefficient (Wildman–Crippen LogP) is 4.85. The van der Waals surface area contributed by atoms with Crippen molar-refractivity contribution in [1.82, 2.24) is 9.80 Å². The van der Waals surface area contributed by atoms with Crippen molar-refractivity contribution in [3.8, 4) is 0 Å². The van der Waals surface area contributed by atoms with Gasteiger partial charge in [0, 0.05) is 25.3 Å². The SMILES string of the molecule is CCCCCc1ccc(C(=O)N(CC(=O)N(CCOC)Cc2ccc(C)o2)C(C)C)cc1. The van der Waals surface area contributed by atoms with E-state index >= 15 is 0 Å². The van der Waals surface area contributed by atoms with Gasteiger partial charge in [0.1, 0.15) is 18.1 Å². The summed E-state index contributed by atoms with van der Waals surface area (Å²) < 4.78 is 10.8. The second-order valence-corrected chi connectivity index (χ2v) is 8.50. The fraction of sp³-hybridized carbons (Fsp3) is 0.538. The van der Waals surface area contributed by atoms with Gasteiger partial charge in [0.05, 0.1) is 13.2 Å². The average Bonchev–Trinajstić information content (AvgIpc) is 3.19. The van der Waals surface area contributed by atoms with Gasteiger partial charge in [-0.2, -0.15) is 0 Å². The van der Waals surface area contributed by atoms with E-state index in [1.807, 2.05) is 57.2 Å². The van der Waals surface area contributed by atoms with Crippen molar-refractivity contribution in [2.75, 3.05) is 26.8 Å². The number of carbonyl (C=O) groups excluding carboxylic acids is 2. The highest BCUT2D eigenvalue weighted by Crippen LogP contribution is 2.15. The minimum atomic E-state index is -0.131. The number of benzene rings is 1. The highest BCUT2D eigenvalue weighted by molar-refractivity contribution is 5.96. The molecule has 1 aromatic carbocycles. The second kappa shape index (κ2) is 13.1. The molecule has 0 saturated carbocycles. The van der Waals surface area contributed by atoms with Crippen molar-refractivity contribution >= 4 is 11.8 Å². The first-order chi connectivity index (χ1) is 15.3. The van der Waals surface area contributed by atoms with Gasteiger partial charge in [0.2, 0.25) is 5.91 Å². The molecule has 0 spiro atoms. The Bertz CT molecular complexity index is 842. The molecule has 0 saturated heterocycles. The van der Waals surface area contributed by atoms with Crippen LogP contribution >= 0.6 is 0 Å². The summed E-state index contributed by atoms with van der Waals surface area (Å²) >= 11 is 0. The van der Waals surface area contributed by atoms with E-state index in [2.05, 4.69) is 6.92 Å². The molecule has 2 aromatic rings. The van der Waals surface area contributed by atoms with E-state index in [0.717, 1.165) is 18.6 Å². The second-order valence-electron chi connectivity index (χ2n) is 8.50. The molecular formula is C26H38N2O4. The topological polar surface area (TPSA) is 63.0 Å². The standard InChI is InChI=1S/C26H38N2O4/c1-6-7-8-9-22-11-13-23(14-12-22)26(30)28(20(2)3)19-25(29)27(16-17-31-5)18-24-15-10-21(4)32-24/h10-15,20H,6-9,16-19H2,1-5H3. The first-order valence-corrected chi connectivity index (χ1v) is 11.6. The number of hydrogen-bond acceptors (Lipinski definition) is 4. The van der Waals surface area contributed by atoms with Crippen LogP contribution in [0.4, 0.5) is 0 Å². The summed E-state index contributed by atoms with van der Waals surface area (Å²) in [5.41, 5.74) is 1.84. The lowest BCUT2D eigenvalue weighted by Crippen LogP contribution is -2.46. The van der Waals surface area contributed by atoms with Crippen LogP contribution in [-0.2, 0) is 22.5 Å². The van der Waals surface area contributed by atoms with E-state index in [4.69, 9.17) is 9.15 Å². The van der Waals surface area contributed by atoms with Crippen molar-refractivity contribution in [2.45, 2.75) is 66.0 Å². The van der Waals surface area contributed by atoms with Crippen LogP contribution in [0.5, 0.6) is 0 Å². The van der Waals surface area contributed by atoms with Gasteiger partial charge in [-0.15, -0.1) is 0 Å². The smallest absolute Gasteiger partial charge is 0.254 e. The van der Waals surface area contributed by atoms with Crippen LogP contribution < -0.4 is 0 Å². The quantitative estimate of drug-likeness (QED) is 0.416. The van der Waals surface area contributed by atoms with Crippen LogP contribution in [0.15, 0.2) is 40.8 Å². The van der Waals surface area contributed by atoms with Gasteiger partial charge in [-0.3, -0.25) is 9.59 Å². The molecule has 1 heterocycles. The van der Waals surface area contributed by atoms with E-state index in [9.17, 15) is 9.59 Å². The zero-order valence-electron chi connectivity index (χ0n) is 20.2. The number of methoxy groups -OCH3 is 1. The number of furan rings is 1. The fourth-order valence-electron chi connectivity index (χ4n) is 3.55. The van der Waals surface area contributed by atoms with Crippen molar-refractivity contribution < 1.29 is 18.7 Å². The van der Waals surface area contributed by atoms with Gasteiger partial charge in [-0.05, 0) is 63.4 Å². The summed E-state index contributed by atoms with van der Waals surface area (Å²) in [6.45, 7) is 9.14. The van der Waals surface area contributed by atoms with Gasteiger partial charge >= 0.3 is 0 Å². The fourth-order valence-corrected chi connectivity index (χ4v) is 3.55. The third kappa shape index (κ3) is 7.83. The monoisotopic (exact) mass is 442 g/mol. The number of unbranched alkanes of at least 4 members (excludes halogenated alkanes) is 2. The lowest BCUT2D eigenvalue weighted by atomic mass is 10.0. The predicted molar refractivity (Wildman–Crippen MR) is 127 cm³/mol. The minimum Gasteiger partial charge on any atom is -0.464 e. The van der Waals surface area contributed by atoms with E-state index in [-0.39, 0.29) is 24.4 Å². The molecule has 32 heavy (non-hydrogen) atoms. The van der Waals surface area contributed by atoms with E-state index in [1.165, 1.54) is 18.4 Å². The molecule has 6 nitrogen and oxygen atoms in total. The molecular weight excluding hydrogens is 404 g/mol. The van der Waals surface area contributed by atoms with Crippen molar-refractivity contribution in [3.63, 3.8) is 0 Å². The van der Waals surface area contributed by atoms with Crippen LogP contribution in [0.25, 0.3) is 0 Å². The van der Waals surface area contributed by atoms with Crippen LogP contribution in [0, 0.1) is 6.92 Å². The molecule has 2 amide bonds. The molecule has 176 valence electrons. The van der Waals surface area contributed by atoms with E-state index in [1.54, 1.807) is 16.9 Å². The Morgan fingerprint density at radius 1 is 1.06 bits per heavy atom. The third-order valence-electron chi connectivity index (χ3n) is 5.52. The molecule has 0 aliphatic carbocycles. The molecule has 0 N–H and O–H groups in total. The van der Waals surface area contributed by atoms with Crippen LogP contribution in [0.1, 0.15) is 67.5 Å². The zero-order valence-corrected chi connectivity index (χ0v) is 20.2. The van der Waals surface area contributed by atoms with Crippen LogP contribution in [0.2, 0.25) is 0 Å². The normalized spacial score (nSPS) is 11.1. The van der Waals surface area contributed by atoms with Crippen molar-refractivity contribution in [3.05, 3.63) is 59.0 Å². The maximum Gasteiger partial charge on any atom is 0.254 e. The number of amides is 2. The molecule has 2 rings (SSSR count). The summed E-state index contributed by atoms with van der Waals surface area (Å²) in [6.07, 6.45) is 4.58. The highest BCUT2D eigenvalue weighted by atomic mass is 16.5. The van der Waals surface area contributed by atoms with Gasteiger partial charge in [-0.1, -0.05) is 31.9 Å². The lowest BCUT2D eigenvalue weighted by Gasteiger charge is -2.30. The van der Waals surface area contributed by atoms with Crippen molar-refractivity contribution in [1.29, 1.82) is 0 Å². The highest BCUT2D eigenvalue weighted by Gasteiger charge is 2.25. The Kier molecular flexibility index (Phi) is 10.5. The molecule has 0 radical (unpaired) electrons. The van der Waals surface area contributed by atoms with Crippen LogP contribution in [0.3, 0.4) is 0 Å². The molecule has 6 heteroatoms. The van der Waals surface area contributed by atoms with E-state index in [0.29, 0.717) is 31.0 Å². The molecule has 0 aliphatic heterocycles. The van der Waals surface area contributed by atoms with Crippen molar-refractivity contribution in [2.24, 2.45) is 0 Å². The Labute approximate surface area is 192 Å². The first kappa shape index (κ1) is 25.7. The Hall–Kier alpha value is -2.60. The molecule has 0 unspecified atom stereocenters. The third-order valence-corrected chi connectivity index (χ3v) is 5.52. The maximum atomic E-state index is 13.2. The number of carbonyl (C=O) groups is 2. The van der Waals surface area contributed by atoms with Gasteiger partial charge in [0.15, 0.2) is 0 Å². The van der Waals surface area contributed by atoms with Gasteiger partial charge in [0.25, 0.3) is 5.91 Å². The van der Waals surface area contributed by atoms with Gasteiger partial charge < -0.3 is 19.0 Å². The minimum absolute atomic E-state index is 0.0121. The first-order valence-electron chi connectivity index (χ1n) is 11.6. The number of ether oxygens (including phenoxy) is 1. The summed E-state index contributed by atoms with van der Waals surface area (Å²) in [5, 5.41) is 0. The zero-order chi connectivity index (χ0) is 23.5. The molecule has 0 bridgehead atoms. The number of rotatable bonds is 13.